The van der Waals surface area contributed by atoms with Gasteiger partial charge in [0.05, 0.1) is 10.1 Å². The van der Waals surface area contributed by atoms with Crippen molar-refractivity contribution in [1.29, 1.82) is 0 Å². The van der Waals surface area contributed by atoms with Crippen molar-refractivity contribution in [3.05, 3.63) is 51.2 Å². The van der Waals surface area contributed by atoms with E-state index in [2.05, 4.69) is 19.1 Å². The van der Waals surface area contributed by atoms with E-state index in [1.54, 1.807) is 11.8 Å². The molecule has 0 amide bonds. The minimum Gasteiger partial charge on any atom is -0.298 e. The largest absolute Gasteiger partial charge is 0.298 e. The number of thiophene rings is 1. The maximum absolute atomic E-state index is 11.8. The molecule has 0 saturated carbocycles. The Bertz CT molecular complexity index is 548. The maximum Gasteiger partial charge on any atom is 0.148 e. The normalized spacial score (nSPS) is 10.6. The number of hydrogen-bond donors (Lipinski definition) is 0. The van der Waals surface area contributed by atoms with Crippen LogP contribution in [0.3, 0.4) is 0 Å². The Hall–Kier alpha value is -0.770. The van der Waals surface area contributed by atoms with Gasteiger partial charge in [-0.3, -0.25) is 4.79 Å². The van der Waals surface area contributed by atoms with Crippen LogP contribution in [0.2, 0.25) is 4.34 Å². The molecule has 0 bridgehead atoms. The van der Waals surface area contributed by atoms with Gasteiger partial charge in [-0.1, -0.05) is 29.8 Å². The molecule has 2 aromatic rings. The molecular formula is C14H13ClOS2. The molecule has 4 heteroatoms. The highest BCUT2D eigenvalue weighted by Gasteiger charge is 2.07. The lowest BCUT2D eigenvalue weighted by Gasteiger charge is -2.03. The van der Waals surface area contributed by atoms with Crippen LogP contribution in [0.1, 0.15) is 10.4 Å². The number of hydrogen-bond acceptors (Lipinski definition) is 3. The number of thioether (sulfide) groups is 1. The molecule has 2 rings (SSSR count). The molecule has 1 heterocycles. The SMILES string of the molecule is Cc1ccccc1SCC(=O)Cc1ccc(Cl)s1. The van der Waals surface area contributed by atoms with Gasteiger partial charge in [0.1, 0.15) is 5.78 Å². The van der Waals surface area contributed by atoms with Crippen LogP contribution in [0.5, 0.6) is 0 Å². The summed E-state index contributed by atoms with van der Waals surface area (Å²) in [6.45, 7) is 2.06. The lowest BCUT2D eigenvalue weighted by atomic mass is 10.2. The third kappa shape index (κ3) is 3.87. The summed E-state index contributed by atoms with van der Waals surface area (Å²) < 4.78 is 0.740. The van der Waals surface area contributed by atoms with Crippen molar-refractivity contribution in [1.82, 2.24) is 0 Å². The Morgan fingerprint density at radius 3 is 2.72 bits per heavy atom. The van der Waals surface area contributed by atoms with E-state index >= 15 is 0 Å². The van der Waals surface area contributed by atoms with Crippen molar-refractivity contribution in [3.8, 4) is 0 Å². The second-order valence-electron chi connectivity index (χ2n) is 3.98. The van der Waals surface area contributed by atoms with Crippen LogP contribution in [0.25, 0.3) is 0 Å². The van der Waals surface area contributed by atoms with E-state index in [-0.39, 0.29) is 5.78 Å². The number of carbonyl (C=O) groups is 1. The van der Waals surface area contributed by atoms with Gasteiger partial charge in [0, 0.05) is 16.2 Å². The molecule has 1 aromatic carbocycles. The van der Waals surface area contributed by atoms with Gasteiger partial charge in [0.2, 0.25) is 0 Å². The van der Waals surface area contributed by atoms with Gasteiger partial charge in [-0.15, -0.1) is 23.1 Å². The average Bonchev–Trinajstić information content (AvgIpc) is 2.74. The van der Waals surface area contributed by atoms with Crippen molar-refractivity contribution >= 4 is 40.5 Å². The fourth-order valence-electron chi connectivity index (χ4n) is 1.57. The first kappa shape index (κ1) is 13.7. The summed E-state index contributed by atoms with van der Waals surface area (Å²) in [5, 5.41) is 0. The highest BCUT2D eigenvalue weighted by molar-refractivity contribution is 8.00. The summed E-state index contributed by atoms with van der Waals surface area (Å²) in [4.78, 5) is 14.1. The van der Waals surface area contributed by atoms with E-state index in [4.69, 9.17) is 11.6 Å². The van der Waals surface area contributed by atoms with Crippen LogP contribution in [0.15, 0.2) is 41.3 Å². The van der Waals surface area contributed by atoms with Crippen molar-refractivity contribution in [2.75, 3.05) is 5.75 Å². The molecule has 0 N–H and O–H groups in total. The highest BCUT2D eigenvalue weighted by atomic mass is 35.5. The van der Waals surface area contributed by atoms with Crippen LogP contribution in [0.4, 0.5) is 0 Å². The molecule has 0 fully saturated rings. The second kappa shape index (κ2) is 6.41. The number of ketones is 1. The summed E-state index contributed by atoms with van der Waals surface area (Å²) in [7, 11) is 0. The Morgan fingerprint density at radius 1 is 1.28 bits per heavy atom. The molecule has 0 atom stereocenters. The van der Waals surface area contributed by atoms with Gasteiger partial charge in [-0.25, -0.2) is 0 Å². The molecule has 0 unspecified atom stereocenters. The zero-order valence-corrected chi connectivity index (χ0v) is 12.4. The Labute approximate surface area is 120 Å². The first-order valence-electron chi connectivity index (χ1n) is 5.59. The van der Waals surface area contributed by atoms with Crippen LogP contribution >= 0.6 is 34.7 Å². The fraction of sp³-hybridized carbons (Fsp3) is 0.214. The fourth-order valence-corrected chi connectivity index (χ4v) is 3.57. The van der Waals surface area contributed by atoms with Gasteiger partial charge in [0.15, 0.2) is 0 Å². The summed E-state index contributed by atoms with van der Waals surface area (Å²) in [5.41, 5.74) is 1.22. The van der Waals surface area contributed by atoms with E-state index in [1.165, 1.54) is 21.8 Å². The zero-order chi connectivity index (χ0) is 13.0. The van der Waals surface area contributed by atoms with Crippen LogP contribution in [0, 0.1) is 6.92 Å². The number of benzene rings is 1. The molecule has 1 nitrogen and oxygen atoms in total. The Balaban J connectivity index is 1.87. The molecule has 0 saturated heterocycles. The second-order valence-corrected chi connectivity index (χ2v) is 6.79. The molecule has 0 spiro atoms. The Morgan fingerprint density at radius 2 is 2.06 bits per heavy atom. The maximum atomic E-state index is 11.8. The zero-order valence-electron chi connectivity index (χ0n) is 9.98. The highest BCUT2D eigenvalue weighted by Crippen LogP contribution is 2.24. The van der Waals surface area contributed by atoms with Gasteiger partial charge in [-0.05, 0) is 30.7 Å². The third-order valence-corrected chi connectivity index (χ3v) is 4.95. The number of Topliss-reactive ketones (excluding diaryl/α,β-unsaturated/α-hetero) is 1. The molecule has 18 heavy (non-hydrogen) atoms. The van der Waals surface area contributed by atoms with Crippen LogP contribution in [-0.2, 0) is 11.2 Å². The number of aryl methyl sites for hydroxylation is 1. The van der Waals surface area contributed by atoms with Crippen molar-refractivity contribution in [2.24, 2.45) is 0 Å². The third-order valence-electron chi connectivity index (χ3n) is 2.48. The van der Waals surface area contributed by atoms with Crippen LogP contribution < -0.4 is 0 Å². The topological polar surface area (TPSA) is 17.1 Å². The first-order chi connectivity index (χ1) is 8.65. The summed E-state index contributed by atoms with van der Waals surface area (Å²) in [5.74, 6) is 0.752. The summed E-state index contributed by atoms with van der Waals surface area (Å²) in [6.07, 6.45) is 0.482. The molecule has 0 aliphatic heterocycles. The summed E-state index contributed by atoms with van der Waals surface area (Å²) >= 11 is 8.92. The summed E-state index contributed by atoms with van der Waals surface area (Å²) in [6, 6.07) is 11.9. The smallest absolute Gasteiger partial charge is 0.148 e. The molecule has 94 valence electrons. The predicted octanol–water partition coefficient (Wildman–Crippen LogP) is 4.61. The molecule has 0 radical (unpaired) electrons. The Kier molecular flexibility index (Phi) is 4.87. The van der Waals surface area contributed by atoms with Crippen molar-refractivity contribution in [3.63, 3.8) is 0 Å². The number of rotatable bonds is 5. The quantitative estimate of drug-likeness (QED) is 0.749. The van der Waals surface area contributed by atoms with Crippen molar-refractivity contribution in [2.45, 2.75) is 18.2 Å². The minimum absolute atomic E-state index is 0.238. The van der Waals surface area contributed by atoms with E-state index < -0.39 is 0 Å². The van der Waals surface area contributed by atoms with Gasteiger partial charge < -0.3 is 0 Å². The van der Waals surface area contributed by atoms with Gasteiger partial charge in [-0.2, -0.15) is 0 Å². The van der Waals surface area contributed by atoms with Crippen molar-refractivity contribution < 1.29 is 4.79 Å². The van der Waals surface area contributed by atoms with E-state index in [0.717, 1.165) is 9.21 Å². The number of halogens is 1. The van der Waals surface area contributed by atoms with E-state index in [9.17, 15) is 4.79 Å². The molecule has 1 aromatic heterocycles. The molecule has 0 aliphatic carbocycles. The molecule has 0 aliphatic rings. The number of carbonyl (C=O) groups excluding carboxylic acids is 1. The molecular weight excluding hydrogens is 284 g/mol. The predicted molar refractivity (Wildman–Crippen MR) is 79.9 cm³/mol. The monoisotopic (exact) mass is 296 g/mol. The van der Waals surface area contributed by atoms with Crippen LogP contribution in [-0.4, -0.2) is 11.5 Å². The lowest BCUT2D eigenvalue weighted by Crippen LogP contribution is -2.04. The standard InChI is InChI=1S/C14H13ClOS2/c1-10-4-2-3-5-13(10)17-9-11(16)8-12-6-7-14(15)18-12/h2-7H,8-9H2,1H3. The van der Waals surface area contributed by atoms with E-state index in [0.29, 0.717) is 12.2 Å². The van der Waals surface area contributed by atoms with E-state index in [1.807, 2.05) is 24.3 Å². The average molecular weight is 297 g/mol. The van der Waals surface area contributed by atoms with Gasteiger partial charge in [0.25, 0.3) is 0 Å². The lowest BCUT2D eigenvalue weighted by molar-refractivity contribution is -0.115. The van der Waals surface area contributed by atoms with Gasteiger partial charge >= 0.3 is 0 Å². The first-order valence-corrected chi connectivity index (χ1v) is 7.77. The minimum atomic E-state index is 0.238.